The molecule has 5 heteroatoms. The number of piperidine rings is 1. The van der Waals surface area contributed by atoms with Gasteiger partial charge in [0.05, 0.1) is 5.69 Å². The molecule has 0 aromatic carbocycles. The van der Waals surface area contributed by atoms with E-state index >= 15 is 0 Å². The van der Waals surface area contributed by atoms with Crippen molar-refractivity contribution in [2.75, 3.05) is 6.54 Å². The normalized spacial score (nSPS) is 21.7. The fraction of sp³-hybridized carbons (Fsp3) is 0.778. The number of carbonyl (C=O) groups is 1. The van der Waals surface area contributed by atoms with Crippen molar-refractivity contribution in [1.29, 1.82) is 0 Å². The molecule has 5 nitrogen and oxygen atoms in total. The van der Waals surface area contributed by atoms with Crippen LogP contribution in [0.1, 0.15) is 57.0 Å². The van der Waals surface area contributed by atoms with E-state index in [1.54, 1.807) is 0 Å². The highest BCUT2D eigenvalue weighted by atomic mass is 16.1. The van der Waals surface area contributed by atoms with E-state index in [4.69, 9.17) is 0 Å². The molecule has 1 saturated heterocycles. The molecule has 1 aliphatic heterocycles. The Bertz CT molecular complexity index is 535. The van der Waals surface area contributed by atoms with Gasteiger partial charge in [-0.3, -0.25) is 9.48 Å². The van der Waals surface area contributed by atoms with Gasteiger partial charge in [-0.25, -0.2) is 0 Å². The van der Waals surface area contributed by atoms with Gasteiger partial charge in [0, 0.05) is 30.7 Å². The number of aryl methyl sites for hydroxylation is 1. The number of aromatic nitrogens is 2. The summed E-state index contributed by atoms with van der Waals surface area (Å²) in [6.45, 7) is 12.7. The van der Waals surface area contributed by atoms with Crippen molar-refractivity contribution in [1.82, 2.24) is 20.4 Å². The average Bonchev–Trinajstić information content (AvgIpc) is 2.70. The molecule has 130 valence electrons. The van der Waals surface area contributed by atoms with Crippen molar-refractivity contribution >= 4 is 5.91 Å². The van der Waals surface area contributed by atoms with E-state index in [9.17, 15) is 4.79 Å². The van der Waals surface area contributed by atoms with Crippen molar-refractivity contribution in [2.45, 2.75) is 78.9 Å². The number of rotatable bonds is 6. The van der Waals surface area contributed by atoms with Crippen molar-refractivity contribution in [2.24, 2.45) is 5.92 Å². The molecule has 0 spiro atoms. The van der Waals surface area contributed by atoms with Crippen LogP contribution in [-0.4, -0.2) is 34.3 Å². The molecule has 2 unspecified atom stereocenters. The molecule has 2 N–H and O–H groups in total. The topological polar surface area (TPSA) is 59.0 Å². The Morgan fingerprint density at radius 1 is 1.43 bits per heavy atom. The smallest absolute Gasteiger partial charge is 0.220 e. The summed E-state index contributed by atoms with van der Waals surface area (Å²) < 4.78 is 2.09. The van der Waals surface area contributed by atoms with Gasteiger partial charge in [-0.15, -0.1) is 0 Å². The Labute approximate surface area is 140 Å². The fourth-order valence-corrected chi connectivity index (χ4v) is 3.42. The van der Waals surface area contributed by atoms with E-state index in [0.717, 1.165) is 38.0 Å². The Kier molecular flexibility index (Phi) is 6.22. The summed E-state index contributed by atoms with van der Waals surface area (Å²) in [5.41, 5.74) is 3.51. The van der Waals surface area contributed by atoms with Crippen LogP contribution >= 0.6 is 0 Å². The minimum atomic E-state index is 0.166. The van der Waals surface area contributed by atoms with Crippen LogP contribution in [0.25, 0.3) is 0 Å². The first-order valence-corrected chi connectivity index (χ1v) is 8.92. The fourth-order valence-electron chi connectivity index (χ4n) is 3.42. The summed E-state index contributed by atoms with van der Waals surface area (Å²) in [5.74, 6) is 0.741. The number of hydrogen-bond donors (Lipinski definition) is 2. The van der Waals surface area contributed by atoms with E-state index < -0.39 is 0 Å². The zero-order valence-electron chi connectivity index (χ0n) is 15.3. The molecule has 23 heavy (non-hydrogen) atoms. The maximum Gasteiger partial charge on any atom is 0.220 e. The molecule has 1 aliphatic rings. The van der Waals surface area contributed by atoms with Crippen LogP contribution in [0.5, 0.6) is 0 Å². The van der Waals surface area contributed by atoms with Gasteiger partial charge in [-0.2, -0.15) is 5.10 Å². The number of carbonyl (C=O) groups excluding carboxylic acids is 1. The third-order valence-corrected chi connectivity index (χ3v) is 4.66. The molecule has 0 saturated carbocycles. The highest BCUT2D eigenvalue weighted by molar-refractivity contribution is 5.76. The predicted octanol–water partition coefficient (Wildman–Crippen LogP) is 2.35. The lowest BCUT2D eigenvalue weighted by atomic mass is 10.00. The molecular formula is C18H32N4O. The molecule has 0 bridgehead atoms. The van der Waals surface area contributed by atoms with Crippen LogP contribution in [-0.2, 0) is 17.8 Å². The molecule has 2 rings (SSSR count). The van der Waals surface area contributed by atoms with Crippen molar-refractivity contribution in [3.05, 3.63) is 17.0 Å². The van der Waals surface area contributed by atoms with E-state index in [1.807, 2.05) is 6.92 Å². The van der Waals surface area contributed by atoms with E-state index in [2.05, 4.69) is 48.1 Å². The first-order valence-electron chi connectivity index (χ1n) is 8.92. The molecule has 1 aromatic rings. The van der Waals surface area contributed by atoms with Gasteiger partial charge in [-0.1, -0.05) is 13.8 Å². The van der Waals surface area contributed by atoms with Gasteiger partial charge in [0.1, 0.15) is 0 Å². The second kappa shape index (κ2) is 7.95. The van der Waals surface area contributed by atoms with E-state index in [-0.39, 0.29) is 5.91 Å². The van der Waals surface area contributed by atoms with Gasteiger partial charge in [0.25, 0.3) is 0 Å². The highest BCUT2D eigenvalue weighted by Crippen LogP contribution is 2.17. The summed E-state index contributed by atoms with van der Waals surface area (Å²) in [7, 11) is 0. The molecule has 0 radical (unpaired) electrons. The Morgan fingerprint density at radius 3 is 2.83 bits per heavy atom. The standard InChI is InChI=1S/C18H32N4O/c1-12(2)11-22-15(5)17(14(4)21-22)6-7-18(23)20-16-8-9-19-13(3)10-16/h12-13,16,19H,6-11H2,1-5H3,(H,20,23). The zero-order chi connectivity index (χ0) is 17.0. The molecule has 1 aromatic heterocycles. The molecule has 1 fully saturated rings. The minimum absolute atomic E-state index is 0.166. The summed E-state index contributed by atoms with van der Waals surface area (Å²) in [4.78, 5) is 12.2. The molecular weight excluding hydrogens is 288 g/mol. The lowest BCUT2D eigenvalue weighted by molar-refractivity contribution is -0.122. The van der Waals surface area contributed by atoms with Crippen molar-refractivity contribution in [3.8, 4) is 0 Å². The predicted molar refractivity (Wildman–Crippen MR) is 93.5 cm³/mol. The minimum Gasteiger partial charge on any atom is -0.353 e. The largest absolute Gasteiger partial charge is 0.353 e. The van der Waals surface area contributed by atoms with Gasteiger partial charge in [0.15, 0.2) is 0 Å². The van der Waals surface area contributed by atoms with Crippen molar-refractivity contribution < 1.29 is 4.79 Å². The summed E-state index contributed by atoms with van der Waals surface area (Å²) in [5, 5.41) is 11.2. The lowest BCUT2D eigenvalue weighted by Crippen LogP contribution is -2.46. The number of amides is 1. The molecule has 0 aliphatic carbocycles. The Balaban J connectivity index is 1.87. The third-order valence-electron chi connectivity index (χ3n) is 4.66. The zero-order valence-corrected chi connectivity index (χ0v) is 15.3. The monoisotopic (exact) mass is 320 g/mol. The number of nitrogens with zero attached hydrogens (tertiary/aromatic N) is 2. The SMILES string of the molecule is Cc1nn(CC(C)C)c(C)c1CCC(=O)NC1CCNC(C)C1. The second-order valence-electron chi connectivity index (χ2n) is 7.37. The summed E-state index contributed by atoms with van der Waals surface area (Å²) in [6, 6.07) is 0.817. The van der Waals surface area contributed by atoms with E-state index in [1.165, 1.54) is 11.3 Å². The van der Waals surface area contributed by atoms with Gasteiger partial charge < -0.3 is 10.6 Å². The quantitative estimate of drug-likeness (QED) is 0.846. The van der Waals surface area contributed by atoms with Gasteiger partial charge in [0.2, 0.25) is 5.91 Å². The van der Waals surface area contributed by atoms with Crippen LogP contribution in [0.4, 0.5) is 0 Å². The van der Waals surface area contributed by atoms with Crippen LogP contribution in [0.2, 0.25) is 0 Å². The first kappa shape index (κ1) is 18.0. The Morgan fingerprint density at radius 2 is 2.17 bits per heavy atom. The summed E-state index contributed by atoms with van der Waals surface area (Å²) in [6.07, 6.45) is 3.38. The summed E-state index contributed by atoms with van der Waals surface area (Å²) >= 11 is 0. The van der Waals surface area contributed by atoms with Crippen LogP contribution in [0.15, 0.2) is 0 Å². The van der Waals surface area contributed by atoms with Crippen LogP contribution in [0, 0.1) is 19.8 Å². The molecule has 1 amide bonds. The molecule has 2 heterocycles. The number of hydrogen-bond acceptors (Lipinski definition) is 3. The average molecular weight is 320 g/mol. The van der Waals surface area contributed by atoms with E-state index in [0.29, 0.717) is 24.4 Å². The second-order valence-corrected chi connectivity index (χ2v) is 7.37. The third kappa shape index (κ3) is 5.06. The van der Waals surface area contributed by atoms with Crippen LogP contribution < -0.4 is 10.6 Å². The van der Waals surface area contributed by atoms with Crippen LogP contribution in [0.3, 0.4) is 0 Å². The maximum absolute atomic E-state index is 12.2. The Hall–Kier alpha value is -1.36. The lowest BCUT2D eigenvalue weighted by Gasteiger charge is -2.28. The van der Waals surface area contributed by atoms with Crippen molar-refractivity contribution in [3.63, 3.8) is 0 Å². The first-order chi connectivity index (χ1) is 10.9. The van der Waals surface area contributed by atoms with Gasteiger partial charge in [-0.05, 0) is 58.1 Å². The highest BCUT2D eigenvalue weighted by Gasteiger charge is 2.20. The number of nitrogens with one attached hydrogen (secondary N) is 2. The van der Waals surface area contributed by atoms with Gasteiger partial charge >= 0.3 is 0 Å². The maximum atomic E-state index is 12.2. The molecule has 2 atom stereocenters.